The lowest BCUT2D eigenvalue weighted by molar-refractivity contribution is -0.139. The number of aliphatic carboxylic acids is 1. The number of ether oxygens (including phenoxy) is 6. The summed E-state index contributed by atoms with van der Waals surface area (Å²) in [6.45, 7) is 10.4. The van der Waals surface area contributed by atoms with Crippen LogP contribution in [0.3, 0.4) is 0 Å². The zero-order valence-electron chi connectivity index (χ0n) is 58.9. The Morgan fingerprint density at radius 2 is 1.49 bits per heavy atom. The number of urea groups is 1. The minimum atomic E-state index is -1.18. The molecule has 4 atom stereocenters. The standard InChI is InChI=1S/C72H90ClN13O19/c1-44(2)62(82-70(97)103-35-34-102-33-32-101-31-30-100-29-28-85-60(88)22-23-61(85)89)66(92)81-56(13-9-24-76-69(75)96)65(91)78-51-18-14-47(15-19-51)43-104-71(98)83(5)26-27-84(25-7-6-12-55(74)68(94)95)72(99)105-59-39-58-54(36-45(3)10-8-11-46(59)4)50(40-73)42-86(58)67(93)57-38-49-37-52(41-77-63(49)80-57)79-64(90)48-16-20-53(87)21-17-48/h8,10-11,14-23,37-39,41,44,50,55-56,62,87H,4,6-7,9,12-13,24-36,40,42-43,74H2,1-3,5H3,(H,77,80)(H,78,91)(H,79,90)(H,81,92)(H,82,97)(H,94,95)(H3,75,76,96)/b11-8-,45-10-,59-39+/t50-,55+,56+,62+/m1/s1. The van der Waals surface area contributed by atoms with Gasteiger partial charge in [-0.05, 0) is 111 Å². The second-order valence-electron chi connectivity index (χ2n) is 25.1. The molecule has 0 saturated heterocycles. The van der Waals surface area contributed by atoms with Crippen molar-refractivity contribution in [3.05, 3.63) is 155 Å². The van der Waals surface area contributed by atoms with Crippen molar-refractivity contribution in [1.82, 2.24) is 45.5 Å². The van der Waals surface area contributed by atoms with Crippen molar-refractivity contribution in [2.45, 2.75) is 84.0 Å². The summed E-state index contributed by atoms with van der Waals surface area (Å²) >= 11 is 6.64. The highest BCUT2D eigenvalue weighted by atomic mass is 35.5. The van der Waals surface area contributed by atoms with Gasteiger partial charge in [-0.1, -0.05) is 56.4 Å². The molecule has 2 aromatic carbocycles. The molecule has 4 aromatic rings. The van der Waals surface area contributed by atoms with Gasteiger partial charge in [-0.2, -0.15) is 0 Å². The number of hydrogen-bond acceptors (Lipinski definition) is 20. The number of phenolic OH excluding ortho intramolecular Hbond substituents is 1. The first kappa shape index (κ1) is 81.4. The molecule has 33 heteroatoms. The first-order chi connectivity index (χ1) is 50.3. The molecule has 0 bridgehead atoms. The predicted octanol–water partition coefficient (Wildman–Crippen LogP) is 6.32. The summed E-state index contributed by atoms with van der Waals surface area (Å²) < 4.78 is 33.4. The van der Waals surface area contributed by atoms with Crippen LogP contribution in [-0.4, -0.2) is 222 Å². The fourth-order valence-electron chi connectivity index (χ4n) is 10.9. The van der Waals surface area contributed by atoms with E-state index in [1.807, 2.05) is 13.0 Å². The summed E-state index contributed by atoms with van der Waals surface area (Å²) in [6, 6.07) is 11.1. The number of carboxylic acid groups (broad SMARTS) is 1. The second kappa shape index (κ2) is 40.8. The number of alkyl carbamates (subject to hydrolysis) is 1. The van der Waals surface area contributed by atoms with Crippen molar-refractivity contribution in [3.8, 4) is 5.75 Å². The van der Waals surface area contributed by atoms with Gasteiger partial charge in [0.05, 0.1) is 58.1 Å². The third-order valence-electron chi connectivity index (χ3n) is 16.7. The Balaban J connectivity index is 0.932. The highest BCUT2D eigenvalue weighted by Gasteiger charge is 2.37. The number of fused-ring (bicyclic) bond motifs is 1. The van der Waals surface area contributed by atoms with Crippen LogP contribution in [0.1, 0.15) is 85.7 Å². The SMILES string of the molecule is C=C1/C=C\C=C(\C)CC2=C(/C=C\1OC(=O)N(CCCC[C@H](N)C(=O)O)CCN(C)C(=O)OCc1ccc(NC(=O)[C@H](CCCNC(N)=O)NC(=O)[C@@H](NC(=O)OCCOCCOCCOCCN3C(=O)C=CC3=O)C(C)C)cc1)N(C(=O)c1cc3cc(NC(=O)c4ccc(O)cc4)cnc3[nH]1)C[C@H]2CCl. The minimum absolute atomic E-state index is 0.00523. The molecule has 12 N–H and O–H groups in total. The number of imide groups is 1. The molecule has 2 aromatic heterocycles. The number of carbonyl (C=O) groups excluding carboxylic acids is 10. The number of alkyl halides is 1. The van der Waals surface area contributed by atoms with Crippen molar-refractivity contribution >= 4 is 99.7 Å². The average Bonchev–Trinajstić information content (AvgIpc) is 1.63. The van der Waals surface area contributed by atoms with Crippen LogP contribution in [0.25, 0.3) is 11.0 Å². The number of aromatic nitrogens is 2. The van der Waals surface area contributed by atoms with Gasteiger partial charge in [0.2, 0.25) is 11.8 Å². The monoisotopic (exact) mass is 1480 g/mol. The number of halogens is 1. The molecule has 11 amide bonds. The van der Waals surface area contributed by atoms with Crippen LogP contribution in [0.2, 0.25) is 0 Å². The molecule has 3 aliphatic rings. The minimum Gasteiger partial charge on any atom is -0.508 e. The van der Waals surface area contributed by atoms with Crippen LogP contribution in [0.4, 0.5) is 30.6 Å². The van der Waals surface area contributed by atoms with E-state index in [4.69, 9.17) is 51.5 Å². The van der Waals surface area contributed by atoms with Crippen LogP contribution in [0.5, 0.6) is 5.75 Å². The van der Waals surface area contributed by atoms with E-state index < -0.39 is 78.0 Å². The molecule has 0 saturated carbocycles. The lowest BCUT2D eigenvalue weighted by Crippen LogP contribution is -2.54. The molecule has 0 spiro atoms. The Labute approximate surface area is 611 Å². The second-order valence-corrected chi connectivity index (χ2v) is 25.4. The molecule has 7 rings (SSSR count). The third-order valence-corrected chi connectivity index (χ3v) is 17.1. The largest absolute Gasteiger partial charge is 0.508 e. The van der Waals surface area contributed by atoms with E-state index in [0.717, 1.165) is 16.0 Å². The first-order valence-electron chi connectivity index (χ1n) is 34.0. The number of hydrogen-bond donors (Lipinski definition) is 10. The van der Waals surface area contributed by atoms with Gasteiger partial charge in [0.15, 0.2) is 0 Å². The summed E-state index contributed by atoms with van der Waals surface area (Å²) in [5.41, 5.74) is 15.5. The highest BCUT2D eigenvalue weighted by molar-refractivity contribution is 6.18. The molecular formula is C72H90ClN13O19. The van der Waals surface area contributed by atoms with Crippen molar-refractivity contribution in [2.24, 2.45) is 23.3 Å². The number of unbranched alkanes of at least 4 members (excludes halogenated alkanes) is 1. The van der Waals surface area contributed by atoms with E-state index in [9.17, 15) is 63.0 Å². The number of phenols is 1. The highest BCUT2D eigenvalue weighted by Crippen LogP contribution is 2.38. The average molecular weight is 1480 g/mol. The number of nitrogens with one attached hydrogen (secondary N) is 6. The van der Waals surface area contributed by atoms with E-state index in [0.29, 0.717) is 58.5 Å². The third kappa shape index (κ3) is 25.5. The number of anilines is 2. The number of nitrogens with zero attached hydrogens (tertiary/aromatic N) is 5. The quantitative estimate of drug-likeness (QED) is 0.0102. The Morgan fingerprint density at radius 3 is 2.15 bits per heavy atom. The molecule has 4 heterocycles. The Bertz CT molecular complexity index is 3930. The van der Waals surface area contributed by atoms with Crippen molar-refractivity contribution in [3.63, 3.8) is 0 Å². The maximum Gasteiger partial charge on any atom is 0.415 e. The van der Waals surface area contributed by atoms with Crippen LogP contribution in [0, 0.1) is 11.8 Å². The number of carbonyl (C=O) groups is 11. The van der Waals surface area contributed by atoms with Gasteiger partial charge in [0.25, 0.3) is 23.6 Å². The molecule has 32 nitrogen and oxygen atoms in total. The first-order valence-corrected chi connectivity index (χ1v) is 34.5. The number of aromatic amines is 1. The molecule has 2 aliphatic heterocycles. The van der Waals surface area contributed by atoms with Gasteiger partial charge in [-0.25, -0.2) is 24.2 Å². The topological polar surface area (TPSA) is 437 Å². The summed E-state index contributed by atoms with van der Waals surface area (Å²) in [5, 5.41) is 32.9. The van der Waals surface area contributed by atoms with Gasteiger partial charge in [-0.15, -0.1) is 11.6 Å². The molecule has 564 valence electrons. The number of H-pyrrole nitrogens is 1. The fourth-order valence-corrected chi connectivity index (χ4v) is 11.1. The van der Waals surface area contributed by atoms with Gasteiger partial charge < -0.3 is 96.4 Å². The Kier molecular flexibility index (Phi) is 31.6. The summed E-state index contributed by atoms with van der Waals surface area (Å²) in [6.07, 6.45) is 9.54. The van der Waals surface area contributed by atoms with E-state index in [2.05, 4.69) is 43.1 Å². The molecule has 1 aliphatic carbocycles. The summed E-state index contributed by atoms with van der Waals surface area (Å²) in [5.74, 6) is -4.84. The van der Waals surface area contributed by atoms with Crippen LogP contribution >= 0.6 is 11.6 Å². The molecule has 0 fully saturated rings. The number of benzene rings is 2. The van der Waals surface area contributed by atoms with Crippen molar-refractivity contribution in [1.29, 1.82) is 0 Å². The number of likely N-dealkylation sites (N-methyl/N-ethyl adjacent to an activating group) is 1. The zero-order valence-corrected chi connectivity index (χ0v) is 59.6. The number of allylic oxidation sites excluding steroid dienone is 5. The van der Waals surface area contributed by atoms with E-state index in [1.165, 1.54) is 59.5 Å². The van der Waals surface area contributed by atoms with Crippen LogP contribution < -0.4 is 38.1 Å². The van der Waals surface area contributed by atoms with Gasteiger partial charge in [0.1, 0.15) is 54.2 Å². The van der Waals surface area contributed by atoms with E-state index >= 15 is 0 Å². The zero-order chi connectivity index (χ0) is 76.1. The van der Waals surface area contributed by atoms with Gasteiger partial charge in [0, 0.05) is 97.7 Å². The number of aromatic hydroxyl groups is 1. The van der Waals surface area contributed by atoms with Crippen molar-refractivity contribution < 1.29 is 91.4 Å². The van der Waals surface area contributed by atoms with Gasteiger partial charge in [-0.3, -0.25) is 38.5 Å². The smallest absolute Gasteiger partial charge is 0.415 e. The molecule has 105 heavy (non-hydrogen) atoms. The van der Waals surface area contributed by atoms with Crippen LogP contribution in [0.15, 0.2) is 138 Å². The summed E-state index contributed by atoms with van der Waals surface area (Å²) in [7, 11) is 1.47. The summed E-state index contributed by atoms with van der Waals surface area (Å²) in [4.78, 5) is 155. The lowest BCUT2D eigenvalue weighted by Gasteiger charge is -2.26. The molecular weight excluding hydrogens is 1390 g/mol. The number of amides is 11. The number of pyridine rings is 1. The maximum absolute atomic E-state index is 14.8. The van der Waals surface area contributed by atoms with E-state index in [1.54, 1.807) is 73.4 Å². The number of rotatable bonds is 38. The number of nitrogens with two attached hydrogens (primary N) is 2. The molecule has 0 radical (unpaired) electrons. The van der Waals surface area contributed by atoms with Gasteiger partial charge >= 0.3 is 30.3 Å². The normalized spacial score (nSPS) is 16.4. The molecule has 0 unspecified atom stereocenters. The predicted molar refractivity (Wildman–Crippen MR) is 385 cm³/mol. The van der Waals surface area contributed by atoms with Crippen molar-refractivity contribution in [2.75, 3.05) is 109 Å². The Hall–Kier alpha value is -10.9. The van der Waals surface area contributed by atoms with Crippen LogP contribution in [-0.2, 0) is 59.0 Å². The number of carboxylic acids is 1. The fraction of sp³-hybridized carbons (Fsp3) is 0.417. The lowest BCUT2D eigenvalue weighted by atomic mass is 9.94. The number of primary amides is 1. The Morgan fingerprint density at radius 1 is 0.800 bits per heavy atom. The van der Waals surface area contributed by atoms with E-state index in [-0.39, 0.29) is 158 Å². The maximum atomic E-state index is 14.8.